The third kappa shape index (κ3) is 18.2. The molecule has 4 nitrogen and oxygen atoms in total. The first-order valence-corrected chi connectivity index (χ1v) is 16.9. The third-order valence-electron chi connectivity index (χ3n) is 6.98. The highest BCUT2D eigenvalue weighted by Crippen LogP contribution is 2.27. The number of carbonyl (C=O) groups is 2. The highest BCUT2D eigenvalue weighted by molar-refractivity contribution is 5.94. The molecule has 3 rings (SSSR count). The fourth-order valence-corrected chi connectivity index (χ4v) is 4.42. The predicted molar refractivity (Wildman–Crippen MR) is 198 cm³/mol. The lowest BCUT2D eigenvalue weighted by Gasteiger charge is -2.28. The van der Waals surface area contributed by atoms with Crippen molar-refractivity contribution in [3.63, 3.8) is 0 Å². The smallest absolute Gasteiger partial charge is 0.159 e. The molecule has 45 heavy (non-hydrogen) atoms. The standard InChI is InChI=1S/C15H15NO.C13H17NO.C6H14.C5H12.C2H6/c1-16-15(12-17,13-8-4-2-5-9-13)14-10-6-3-7-11-14;1-5-14(4)9-12-6-10(2)7-13(8-12)11(3)15;1-3-5-6-4-2;1-3-5-4-2;1-2/h2-12,16H,1H3;5-8H,1,9H2,2-4H3;3-6H2,1-2H3;3-5H2,1-2H3;1-2H3. The van der Waals surface area contributed by atoms with Crippen LogP contribution in [-0.4, -0.2) is 31.1 Å². The van der Waals surface area contributed by atoms with Crippen molar-refractivity contribution in [1.29, 1.82) is 0 Å². The van der Waals surface area contributed by atoms with Crippen molar-refractivity contribution in [3.05, 3.63) is 119 Å². The molecular weight excluding hydrogens is 552 g/mol. The number of carbonyl (C=O) groups excluding carboxylic acids is 2. The van der Waals surface area contributed by atoms with Crippen LogP contribution < -0.4 is 5.32 Å². The van der Waals surface area contributed by atoms with Crippen LogP contribution in [0.2, 0.25) is 0 Å². The molecule has 3 aromatic rings. The molecule has 250 valence electrons. The number of rotatable bonds is 13. The molecule has 0 saturated carbocycles. The normalized spacial score (nSPS) is 9.73. The molecular formula is C41H64N2O2. The van der Waals surface area contributed by atoms with Crippen LogP contribution in [-0.2, 0) is 16.9 Å². The van der Waals surface area contributed by atoms with E-state index in [0.717, 1.165) is 40.6 Å². The number of aryl methyl sites for hydroxylation is 1. The van der Waals surface area contributed by atoms with E-state index in [1.807, 2.05) is 106 Å². The number of benzene rings is 3. The Hall–Kier alpha value is -3.50. The maximum atomic E-state index is 11.6. The van der Waals surface area contributed by atoms with E-state index >= 15 is 0 Å². The van der Waals surface area contributed by atoms with Gasteiger partial charge < -0.3 is 15.0 Å². The average molecular weight is 617 g/mol. The Morgan fingerprint density at radius 2 is 1.24 bits per heavy atom. The van der Waals surface area contributed by atoms with Crippen LogP contribution in [0.15, 0.2) is 91.6 Å². The van der Waals surface area contributed by atoms with Gasteiger partial charge in [0, 0.05) is 19.2 Å². The molecule has 0 amide bonds. The molecule has 4 heteroatoms. The Bertz CT molecular complexity index is 1100. The maximum Gasteiger partial charge on any atom is 0.159 e. The predicted octanol–water partition coefficient (Wildman–Crippen LogP) is 10.9. The summed E-state index contributed by atoms with van der Waals surface area (Å²) in [5, 5.41) is 3.13. The first-order chi connectivity index (χ1) is 21.7. The van der Waals surface area contributed by atoms with Crippen LogP contribution in [0, 0.1) is 6.92 Å². The molecule has 0 spiro atoms. The Balaban J connectivity index is 0. The van der Waals surface area contributed by atoms with Crippen molar-refractivity contribution in [3.8, 4) is 0 Å². The third-order valence-corrected chi connectivity index (χ3v) is 6.98. The first kappa shape index (κ1) is 43.6. The molecule has 0 saturated heterocycles. The number of hydrogen-bond donors (Lipinski definition) is 1. The fraction of sp³-hybridized carbons (Fsp3) is 0.463. The van der Waals surface area contributed by atoms with Gasteiger partial charge in [0.25, 0.3) is 0 Å². The molecule has 0 aliphatic rings. The minimum atomic E-state index is -0.761. The topological polar surface area (TPSA) is 49.4 Å². The molecule has 1 N–H and O–H groups in total. The minimum absolute atomic E-state index is 0.112. The largest absolute Gasteiger partial charge is 0.377 e. The van der Waals surface area contributed by atoms with Gasteiger partial charge in [0.2, 0.25) is 0 Å². The quantitative estimate of drug-likeness (QED) is 0.118. The highest BCUT2D eigenvalue weighted by Gasteiger charge is 2.31. The second kappa shape index (κ2) is 28.0. The van der Waals surface area contributed by atoms with E-state index in [9.17, 15) is 9.59 Å². The molecule has 0 bridgehead atoms. The van der Waals surface area contributed by atoms with Gasteiger partial charge in [-0.2, -0.15) is 0 Å². The number of nitrogens with one attached hydrogen (secondary N) is 1. The average Bonchev–Trinajstić information content (AvgIpc) is 3.07. The van der Waals surface area contributed by atoms with E-state index in [2.05, 4.69) is 45.7 Å². The van der Waals surface area contributed by atoms with Crippen LogP contribution in [0.25, 0.3) is 0 Å². The number of likely N-dealkylation sites (N-methyl/N-ethyl adjacent to an activating group) is 1. The lowest BCUT2D eigenvalue weighted by atomic mass is 9.84. The van der Waals surface area contributed by atoms with Crippen molar-refractivity contribution < 1.29 is 9.59 Å². The fourth-order valence-electron chi connectivity index (χ4n) is 4.42. The number of nitrogens with zero attached hydrogens (tertiary/aromatic N) is 1. The molecule has 0 unspecified atom stereocenters. The van der Waals surface area contributed by atoms with Gasteiger partial charge in [0.05, 0.1) is 0 Å². The molecule has 3 aromatic carbocycles. The van der Waals surface area contributed by atoms with Crippen LogP contribution in [0.5, 0.6) is 0 Å². The number of aldehydes is 1. The lowest BCUT2D eigenvalue weighted by molar-refractivity contribution is -0.112. The van der Waals surface area contributed by atoms with E-state index < -0.39 is 5.54 Å². The van der Waals surface area contributed by atoms with E-state index in [-0.39, 0.29) is 5.78 Å². The molecule has 0 atom stereocenters. The molecule has 0 radical (unpaired) electrons. The summed E-state index contributed by atoms with van der Waals surface area (Å²) in [5.41, 5.74) is 4.18. The van der Waals surface area contributed by atoms with Gasteiger partial charge >= 0.3 is 0 Å². The van der Waals surface area contributed by atoms with Gasteiger partial charge in [-0.15, -0.1) is 0 Å². The van der Waals surface area contributed by atoms with Gasteiger partial charge in [-0.3, -0.25) is 4.79 Å². The zero-order valence-electron chi connectivity index (χ0n) is 30.3. The summed E-state index contributed by atoms with van der Waals surface area (Å²) in [7, 11) is 3.76. The van der Waals surface area contributed by atoms with E-state index in [1.54, 1.807) is 20.2 Å². The van der Waals surface area contributed by atoms with E-state index in [4.69, 9.17) is 0 Å². The second-order valence-corrected chi connectivity index (χ2v) is 10.8. The lowest BCUT2D eigenvalue weighted by Crippen LogP contribution is -2.42. The molecule has 0 aromatic heterocycles. The Morgan fingerprint density at radius 3 is 1.56 bits per heavy atom. The minimum Gasteiger partial charge on any atom is -0.377 e. The van der Waals surface area contributed by atoms with Gasteiger partial charge in [-0.25, -0.2) is 0 Å². The summed E-state index contributed by atoms with van der Waals surface area (Å²) in [6, 6.07) is 25.4. The second-order valence-electron chi connectivity index (χ2n) is 10.8. The molecule has 0 fully saturated rings. The van der Waals surface area contributed by atoms with Crippen LogP contribution in [0.3, 0.4) is 0 Å². The number of Topliss-reactive ketones (excluding diaryl/α,β-unsaturated/α-hetero) is 1. The number of ketones is 1. The summed E-state index contributed by atoms with van der Waals surface area (Å²) in [5.74, 6) is 0.112. The van der Waals surface area contributed by atoms with Crippen molar-refractivity contribution in [2.24, 2.45) is 0 Å². The van der Waals surface area contributed by atoms with E-state index in [0.29, 0.717) is 0 Å². The summed E-state index contributed by atoms with van der Waals surface area (Å²) in [4.78, 5) is 24.9. The van der Waals surface area contributed by atoms with Crippen molar-refractivity contribution >= 4 is 12.1 Å². The molecule has 0 aliphatic heterocycles. The summed E-state index contributed by atoms with van der Waals surface area (Å²) < 4.78 is 0. The van der Waals surface area contributed by atoms with Crippen LogP contribution >= 0.6 is 0 Å². The zero-order valence-corrected chi connectivity index (χ0v) is 30.3. The molecule has 0 aliphatic carbocycles. The van der Waals surface area contributed by atoms with Crippen molar-refractivity contribution in [2.45, 2.75) is 112 Å². The van der Waals surface area contributed by atoms with Gasteiger partial charge in [0.15, 0.2) is 5.78 Å². The van der Waals surface area contributed by atoms with Crippen molar-refractivity contribution in [1.82, 2.24) is 10.2 Å². The summed E-state index contributed by atoms with van der Waals surface area (Å²) in [6.07, 6.45) is 12.3. The van der Waals surface area contributed by atoms with Crippen LogP contribution in [0.1, 0.15) is 126 Å². The zero-order chi connectivity index (χ0) is 34.5. The highest BCUT2D eigenvalue weighted by atomic mass is 16.1. The Kier molecular flexibility index (Phi) is 27.2. The number of hydrogen-bond acceptors (Lipinski definition) is 4. The summed E-state index contributed by atoms with van der Waals surface area (Å²) in [6.45, 7) is 21.0. The van der Waals surface area contributed by atoms with Crippen LogP contribution in [0.4, 0.5) is 0 Å². The Labute approximate surface area is 277 Å². The van der Waals surface area contributed by atoms with Gasteiger partial charge in [-0.1, -0.05) is 165 Å². The Morgan fingerprint density at radius 1 is 0.800 bits per heavy atom. The van der Waals surface area contributed by atoms with Gasteiger partial charge in [-0.05, 0) is 55.9 Å². The summed E-state index contributed by atoms with van der Waals surface area (Å²) >= 11 is 0. The van der Waals surface area contributed by atoms with Gasteiger partial charge in [0.1, 0.15) is 11.8 Å². The SMILES string of the molecule is C=CN(C)Cc1cc(C)cc(C(C)=O)c1.CC.CCCCC.CCCCCC.CNC(C=O)(c1ccccc1)c1ccccc1. The van der Waals surface area contributed by atoms with E-state index in [1.165, 1.54) is 44.9 Å². The monoisotopic (exact) mass is 616 g/mol. The maximum absolute atomic E-state index is 11.6. The number of unbranched alkanes of at least 4 members (excludes halogenated alkanes) is 5. The first-order valence-electron chi connectivity index (χ1n) is 16.9. The van der Waals surface area contributed by atoms with Crippen molar-refractivity contribution in [2.75, 3.05) is 14.1 Å². The molecule has 0 heterocycles.